The SMILES string of the molecule is COC(=O)c1ccc(CN2C(=O)C(=O)/C(=C(/O)c3cccc(Cl)c3)C2c2ccc(O)cc2)cc1. The summed E-state index contributed by atoms with van der Waals surface area (Å²) in [6.07, 6.45) is 0. The van der Waals surface area contributed by atoms with Crippen molar-refractivity contribution < 1.29 is 29.3 Å². The molecule has 3 aromatic carbocycles. The third kappa shape index (κ3) is 4.38. The van der Waals surface area contributed by atoms with E-state index in [1.807, 2.05) is 0 Å². The molecule has 1 saturated heterocycles. The monoisotopic (exact) mass is 477 g/mol. The fourth-order valence-electron chi connectivity index (χ4n) is 3.90. The molecule has 1 amide bonds. The molecule has 1 unspecified atom stereocenters. The predicted octanol–water partition coefficient (Wildman–Crippen LogP) is 4.45. The number of aromatic hydroxyl groups is 1. The van der Waals surface area contributed by atoms with Gasteiger partial charge in [0.05, 0.1) is 24.3 Å². The first-order valence-corrected chi connectivity index (χ1v) is 10.7. The minimum Gasteiger partial charge on any atom is -0.508 e. The number of aliphatic hydroxyl groups is 1. The number of rotatable bonds is 5. The molecule has 0 bridgehead atoms. The Balaban J connectivity index is 1.79. The average Bonchev–Trinajstić information content (AvgIpc) is 3.09. The molecule has 8 heteroatoms. The third-order valence-corrected chi connectivity index (χ3v) is 5.81. The number of Topliss-reactive ketones (excluding diaryl/α,β-unsaturated/α-hetero) is 1. The number of esters is 1. The number of benzene rings is 3. The smallest absolute Gasteiger partial charge is 0.337 e. The zero-order valence-electron chi connectivity index (χ0n) is 18.1. The summed E-state index contributed by atoms with van der Waals surface area (Å²) in [4.78, 5) is 39.2. The van der Waals surface area contributed by atoms with Crippen LogP contribution in [0.2, 0.25) is 5.02 Å². The van der Waals surface area contributed by atoms with E-state index in [1.54, 1.807) is 54.6 Å². The van der Waals surface area contributed by atoms with Gasteiger partial charge in [-0.25, -0.2) is 4.79 Å². The maximum Gasteiger partial charge on any atom is 0.337 e. The Bertz CT molecular complexity index is 1300. The highest BCUT2D eigenvalue weighted by Crippen LogP contribution is 2.40. The second kappa shape index (κ2) is 9.41. The Hall–Kier alpha value is -4.10. The Labute approximate surface area is 200 Å². The Morgan fingerprint density at radius 1 is 1.00 bits per heavy atom. The Morgan fingerprint density at radius 3 is 2.29 bits per heavy atom. The van der Waals surface area contributed by atoms with Crippen molar-refractivity contribution in [3.63, 3.8) is 0 Å². The number of hydrogen-bond donors (Lipinski definition) is 2. The highest BCUT2D eigenvalue weighted by Gasteiger charge is 2.46. The molecule has 1 aliphatic rings. The van der Waals surface area contributed by atoms with Crippen molar-refractivity contribution in [2.45, 2.75) is 12.6 Å². The standard InChI is InChI=1S/C26H20ClNO6/c1-34-26(33)17-7-5-15(6-8-17)14-28-22(16-9-11-20(29)12-10-16)21(24(31)25(28)32)23(30)18-3-2-4-19(27)13-18/h2-13,22,29-30H,14H2,1H3/b23-21+. The molecule has 1 heterocycles. The predicted molar refractivity (Wildman–Crippen MR) is 125 cm³/mol. The van der Waals surface area contributed by atoms with E-state index in [0.717, 1.165) is 0 Å². The van der Waals surface area contributed by atoms with Gasteiger partial charge in [-0.3, -0.25) is 9.59 Å². The summed E-state index contributed by atoms with van der Waals surface area (Å²) in [6, 6.07) is 18.0. The van der Waals surface area contributed by atoms with Crippen molar-refractivity contribution in [2.75, 3.05) is 7.11 Å². The summed E-state index contributed by atoms with van der Waals surface area (Å²) in [7, 11) is 1.28. The number of carbonyl (C=O) groups is 3. The molecule has 0 aromatic heterocycles. The van der Waals surface area contributed by atoms with Crippen molar-refractivity contribution in [3.05, 3.63) is 106 Å². The Morgan fingerprint density at radius 2 is 1.68 bits per heavy atom. The van der Waals surface area contributed by atoms with Crippen molar-refractivity contribution in [1.82, 2.24) is 4.90 Å². The first kappa shape index (κ1) is 23.1. The number of aliphatic hydroxyl groups excluding tert-OH is 1. The van der Waals surface area contributed by atoms with Crippen LogP contribution in [0.1, 0.15) is 33.1 Å². The number of methoxy groups -OCH3 is 1. The van der Waals surface area contributed by atoms with Gasteiger partial charge in [-0.1, -0.05) is 48.0 Å². The number of likely N-dealkylation sites (tertiary alicyclic amines) is 1. The molecule has 7 nitrogen and oxygen atoms in total. The minimum atomic E-state index is -0.903. The maximum absolute atomic E-state index is 13.1. The van der Waals surface area contributed by atoms with Gasteiger partial charge in [0.15, 0.2) is 0 Å². The number of halogens is 1. The van der Waals surface area contributed by atoms with Crippen LogP contribution in [0.25, 0.3) is 5.76 Å². The third-order valence-electron chi connectivity index (χ3n) is 5.57. The van der Waals surface area contributed by atoms with Gasteiger partial charge >= 0.3 is 5.97 Å². The molecule has 0 saturated carbocycles. The molecule has 172 valence electrons. The van der Waals surface area contributed by atoms with E-state index in [1.165, 1.54) is 30.2 Å². The molecule has 34 heavy (non-hydrogen) atoms. The molecule has 1 aliphatic heterocycles. The van der Waals surface area contributed by atoms with Crippen LogP contribution in [0, 0.1) is 0 Å². The highest BCUT2D eigenvalue weighted by molar-refractivity contribution is 6.46. The van der Waals surface area contributed by atoms with Crippen molar-refractivity contribution in [1.29, 1.82) is 0 Å². The van der Waals surface area contributed by atoms with Crippen LogP contribution in [0.15, 0.2) is 78.4 Å². The van der Waals surface area contributed by atoms with Crippen LogP contribution in [0.5, 0.6) is 5.75 Å². The second-order valence-electron chi connectivity index (χ2n) is 7.72. The van der Waals surface area contributed by atoms with Gasteiger partial charge in [-0.15, -0.1) is 0 Å². The number of amides is 1. The molecular formula is C26H20ClNO6. The molecule has 3 aromatic rings. The lowest BCUT2D eigenvalue weighted by molar-refractivity contribution is -0.140. The molecule has 2 N–H and O–H groups in total. The minimum absolute atomic E-state index is 0.0222. The largest absolute Gasteiger partial charge is 0.508 e. The van der Waals surface area contributed by atoms with E-state index in [-0.39, 0.29) is 23.6 Å². The zero-order valence-corrected chi connectivity index (χ0v) is 18.8. The van der Waals surface area contributed by atoms with Gasteiger partial charge in [-0.05, 0) is 47.5 Å². The number of nitrogens with zero attached hydrogens (tertiary/aromatic N) is 1. The fourth-order valence-corrected chi connectivity index (χ4v) is 4.09. The van der Waals surface area contributed by atoms with E-state index < -0.39 is 23.7 Å². The first-order chi connectivity index (χ1) is 16.3. The normalized spacial score (nSPS) is 17.1. The summed E-state index contributed by atoms with van der Waals surface area (Å²) in [5.41, 5.74) is 1.78. The van der Waals surface area contributed by atoms with E-state index >= 15 is 0 Å². The van der Waals surface area contributed by atoms with Gasteiger partial charge in [0, 0.05) is 17.1 Å². The molecule has 0 spiro atoms. The summed E-state index contributed by atoms with van der Waals surface area (Å²) < 4.78 is 4.70. The number of ether oxygens (including phenoxy) is 1. The summed E-state index contributed by atoms with van der Waals surface area (Å²) >= 11 is 6.06. The number of phenolic OH excluding ortho intramolecular Hbond substituents is 1. The van der Waals surface area contributed by atoms with Gasteiger partial charge in [0.25, 0.3) is 11.7 Å². The number of ketones is 1. The molecule has 1 fully saturated rings. The molecule has 4 rings (SSSR count). The Kier molecular flexibility index (Phi) is 6.38. The molecule has 1 atom stereocenters. The van der Waals surface area contributed by atoms with Crippen LogP contribution in [0.3, 0.4) is 0 Å². The zero-order chi connectivity index (χ0) is 24.4. The first-order valence-electron chi connectivity index (χ1n) is 10.3. The van der Waals surface area contributed by atoms with E-state index in [4.69, 9.17) is 16.3 Å². The topological polar surface area (TPSA) is 104 Å². The lowest BCUT2D eigenvalue weighted by atomic mass is 9.95. The van der Waals surface area contributed by atoms with Gasteiger partial charge in [0.1, 0.15) is 11.5 Å². The second-order valence-corrected chi connectivity index (χ2v) is 8.15. The maximum atomic E-state index is 13.1. The summed E-state index contributed by atoms with van der Waals surface area (Å²) in [5.74, 6) is -2.42. The number of phenols is 1. The van der Waals surface area contributed by atoms with Crippen molar-refractivity contribution in [3.8, 4) is 5.75 Å². The lowest BCUT2D eigenvalue weighted by Crippen LogP contribution is -2.29. The number of carbonyl (C=O) groups excluding carboxylic acids is 3. The van der Waals surface area contributed by atoms with Crippen LogP contribution in [-0.4, -0.2) is 39.9 Å². The summed E-state index contributed by atoms with van der Waals surface area (Å²) in [6.45, 7) is 0.0455. The van der Waals surface area contributed by atoms with Crippen LogP contribution >= 0.6 is 11.6 Å². The fraction of sp³-hybridized carbons (Fsp3) is 0.115. The van der Waals surface area contributed by atoms with Crippen molar-refractivity contribution >= 4 is 35.0 Å². The average molecular weight is 478 g/mol. The van der Waals surface area contributed by atoms with Gasteiger partial charge in [0.2, 0.25) is 0 Å². The quantitative estimate of drug-likeness (QED) is 0.243. The van der Waals surface area contributed by atoms with E-state index in [0.29, 0.717) is 27.3 Å². The lowest BCUT2D eigenvalue weighted by Gasteiger charge is -2.25. The molecule has 0 radical (unpaired) electrons. The van der Waals surface area contributed by atoms with E-state index in [9.17, 15) is 24.6 Å². The van der Waals surface area contributed by atoms with Gasteiger partial charge < -0.3 is 19.8 Å². The van der Waals surface area contributed by atoms with Crippen molar-refractivity contribution in [2.24, 2.45) is 0 Å². The molecule has 0 aliphatic carbocycles. The molecular weight excluding hydrogens is 458 g/mol. The summed E-state index contributed by atoms with van der Waals surface area (Å²) in [5, 5.41) is 21.1. The van der Waals surface area contributed by atoms with Gasteiger partial charge in [-0.2, -0.15) is 0 Å². The van der Waals surface area contributed by atoms with Crippen LogP contribution in [-0.2, 0) is 20.9 Å². The van der Waals surface area contributed by atoms with Crippen LogP contribution < -0.4 is 0 Å². The number of hydrogen-bond acceptors (Lipinski definition) is 6. The highest BCUT2D eigenvalue weighted by atomic mass is 35.5. The van der Waals surface area contributed by atoms with Crippen LogP contribution in [0.4, 0.5) is 0 Å². The van der Waals surface area contributed by atoms with E-state index in [2.05, 4.69) is 0 Å².